The SMILES string of the molecule is COc1ccc(-c2[nH]ncc2C(=O)NCCc2c[nH]c3ccccc23)cc1. The minimum Gasteiger partial charge on any atom is -0.497 e. The molecule has 2 heterocycles. The van der Waals surface area contributed by atoms with Crippen LogP contribution in [-0.4, -0.2) is 34.7 Å². The van der Waals surface area contributed by atoms with E-state index in [9.17, 15) is 4.79 Å². The van der Waals surface area contributed by atoms with E-state index in [0.29, 0.717) is 17.8 Å². The van der Waals surface area contributed by atoms with Gasteiger partial charge in [-0.15, -0.1) is 0 Å². The summed E-state index contributed by atoms with van der Waals surface area (Å²) in [6.45, 7) is 0.550. The third-order valence-electron chi connectivity index (χ3n) is 4.62. The van der Waals surface area contributed by atoms with E-state index in [1.54, 1.807) is 13.3 Å². The monoisotopic (exact) mass is 360 g/mol. The second-order valence-electron chi connectivity index (χ2n) is 6.25. The van der Waals surface area contributed by atoms with Gasteiger partial charge in [0, 0.05) is 29.2 Å². The van der Waals surface area contributed by atoms with E-state index >= 15 is 0 Å². The Morgan fingerprint density at radius 1 is 1.15 bits per heavy atom. The first-order chi connectivity index (χ1) is 13.3. The van der Waals surface area contributed by atoms with E-state index in [1.807, 2.05) is 48.7 Å². The lowest BCUT2D eigenvalue weighted by Gasteiger charge is -2.06. The van der Waals surface area contributed by atoms with Crippen molar-refractivity contribution in [2.75, 3.05) is 13.7 Å². The van der Waals surface area contributed by atoms with Crippen molar-refractivity contribution in [3.8, 4) is 17.0 Å². The van der Waals surface area contributed by atoms with Crippen LogP contribution in [0, 0.1) is 0 Å². The van der Waals surface area contributed by atoms with Gasteiger partial charge in [-0.2, -0.15) is 5.10 Å². The maximum Gasteiger partial charge on any atom is 0.255 e. The van der Waals surface area contributed by atoms with Crippen molar-refractivity contribution in [3.05, 3.63) is 72.1 Å². The highest BCUT2D eigenvalue weighted by Gasteiger charge is 2.15. The molecule has 0 bridgehead atoms. The quantitative estimate of drug-likeness (QED) is 0.492. The van der Waals surface area contributed by atoms with E-state index in [2.05, 4.69) is 26.6 Å². The number of rotatable bonds is 6. The summed E-state index contributed by atoms with van der Waals surface area (Å²) in [5.41, 5.74) is 4.40. The van der Waals surface area contributed by atoms with Crippen LogP contribution in [0.1, 0.15) is 15.9 Å². The fourth-order valence-corrected chi connectivity index (χ4v) is 3.18. The van der Waals surface area contributed by atoms with Crippen LogP contribution in [0.3, 0.4) is 0 Å². The summed E-state index contributed by atoms with van der Waals surface area (Å²) in [4.78, 5) is 15.9. The second-order valence-corrected chi connectivity index (χ2v) is 6.25. The van der Waals surface area contributed by atoms with Crippen molar-refractivity contribution in [2.45, 2.75) is 6.42 Å². The van der Waals surface area contributed by atoms with Crippen molar-refractivity contribution in [1.29, 1.82) is 0 Å². The number of para-hydroxylation sites is 1. The molecule has 2 aromatic heterocycles. The second kappa shape index (κ2) is 7.37. The highest BCUT2D eigenvalue weighted by molar-refractivity contribution is 5.99. The molecule has 1 amide bonds. The molecular weight excluding hydrogens is 340 g/mol. The number of nitrogens with zero attached hydrogens (tertiary/aromatic N) is 1. The Kier molecular flexibility index (Phi) is 4.61. The Morgan fingerprint density at radius 3 is 2.78 bits per heavy atom. The number of carbonyl (C=O) groups is 1. The average Bonchev–Trinajstić information content (AvgIpc) is 3.36. The molecule has 0 fully saturated rings. The molecule has 6 nitrogen and oxygen atoms in total. The average molecular weight is 360 g/mol. The van der Waals surface area contributed by atoms with Gasteiger partial charge in [-0.05, 0) is 42.3 Å². The van der Waals surface area contributed by atoms with Crippen LogP contribution in [-0.2, 0) is 6.42 Å². The fourth-order valence-electron chi connectivity index (χ4n) is 3.18. The lowest BCUT2D eigenvalue weighted by atomic mass is 10.1. The Morgan fingerprint density at radius 2 is 1.96 bits per heavy atom. The first-order valence-corrected chi connectivity index (χ1v) is 8.77. The molecule has 0 atom stereocenters. The minimum atomic E-state index is -0.144. The summed E-state index contributed by atoms with van der Waals surface area (Å²) >= 11 is 0. The van der Waals surface area contributed by atoms with Gasteiger partial charge in [-0.3, -0.25) is 9.89 Å². The summed E-state index contributed by atoms with van der Waals surface area (Å²) in [6.07, 6.45) is 4.31. The van der Waals surface area contributed by atoms with Gasteiger partial charge in [0.1, 0.15) is 5.75 Å². The third kappa shape index (κ3) is 3.42. The molecule has 0 aliphatic carbocycles. The lowest BCUT2D eigenvalue weighted by molar-refractivity contribution is 0.0955. The number of aromatic nitrogens is 3. The fraction of sp³-hybridized carbons (Fsp3) is 0.143. The molecule has 0 aliphatic rings. The number of aromatic amines is 2. The topological polar surface area (TPSA) is 82.8 Å². The highest BCUT2D eigenvalue weighted by atomic mass is 16.5. The molecule has 0 saturated carbocycles. The Balaban J connectivity index is 1.44. The number of hydrogen-bond acceptors (Lipinski definition) is 3. The van der Waals surface area contributed by atoms with Crippen LogP contribution in [0.4, 0.5) is 0 Å². The summed E-state index contributed by atoms with van der Waals surface area (Å²) in [6, 6.07) is 15.7. The number of nitrogens with one attached hydrogen (secondary N) is 3. The smallest absolute Gasteiger partial charge is 0.255 e. The van der Waals surface area contributed by atoms with Crippen LogP contribution in [0.25, 0.3) is 22.2 Å². The lowest BCUT2D eigenvalue weighted by Crippen LogP contribution is -2.25. The summed E-state index contributed by atoms with van der Waals surface area (Å²) < 4.78 is 5.18. The van der Waals surface area contributed by atoms with Gasteiger partial charge in [0.15, 0.2) is 0 Å². The van der Waals surface area contributed by atoms with Crippen LogP contribution < -0.4 is 10.1 Å². The summed E-state index contributed by atoms with van der Waals surface area (Å²) in [7, 11) is 1.62. The number of fused-ring (bicyclic) bond motifs is 1. The molecule has 3 N–H and O–H groups in total. The van der Waals surface area contributed by atoms with Crippen LogP contribution in [0.5, 0.6) is 5.75 Å². The first kappa shape index (κ1) is 16.9. The van der Waals surface area contributed by atoms with E-state index < -0.39 is 0 Å². The number of benzene rings is 2. The molecule has 2 aromatic carbocycles. The molecule has 6 heteroatoms. The molecule has 0 radical (unpaired) electrons. The van der Waals surface area contributed by atoms with Crippen LogP contribution >= 0.6 is 0 Å². The van der Waals surface area contributed by atoms with Gasteiger partial charge in [0.05, 0.1) is 24.6 Å². The molecule has 4 aromatic rings. The zero-order chi connectivity index (χ0) is 18.6. The van der Waals surface area contributed by atoms with Crippen molar-refractivity contribution < 1.29 is 9.53 Å². The van der Waals surface area contributed by atoms with Crippen molar-refractivity contribution in [2.24, 2.45) is 0 Å². The van der Waals surface area contributed by atoms with Crippen molar-refractivity contribution >= 4 is 16.8 Å². The van der Waals surface area contributed by atoms with E-state index in [-0.39, 0.29) is 5.91 Å². The summed E-state index contributed by atoms with van der Waals surface area (Å²) in [5, 5.41) is 11.1. The standard InChI is InChI=1S/C21H20N4O2/c1-27-16-8-6-14(7-9-16)20-18(13-24-25-20)21(26)22-11-10-15-12-23-19-5-3-2-4-17(15)19/h2-9,12-13,23H,10-11H2,1H3,(H,22,26)(H,24,25). The highest BCUT2D eigenvalue weighted by Crippen LogP contribution is 2.23. The molecule has 0 aliphatic heterocycles. The zero-order valence-corrected chi connectivity index (χ0v) is 15.0. The molecule has 27 heavy (non-hydrogen) atoms. The van der Waals surface area contributed by atoms with E-state index in [4.69, 9.17) is 4.74 Å². The largest absolute Gasteiger partial charge is 0.497 e. The molecular formula is C21H20N4O2. The Labute approximate surface area is 156 Å². The maximum absolute atomic E-state index is 12.6. The van der Waals surface area contributed by atoms with Crippen LogP contribution in [0.2, 0.25) is 0 Å². The molecule has 0 spiro atoms. The predicted molar refractivity (Wildman–Crippen MR) is 105 cm³/mol. The normalized spacial score (nSPS) is 10.9. The first-order valence-electron chi connectivity index (χ1n) is 8.77. The predicted octanol–water partition coefficient (Wildman–Crippen LogP) is 3.54. The van der Waals surface area contributed by atoms with Crippen LogP contribution in [0.15, 0.2) is 60.9 Å². The van der Waals surface area contributed by atoms with Gasteiger partial charge in [-0.25, -0.2) is 0 Å². The van der Waals surface area contributed by atoms with E-state index in [0.717, 1.165) is 23.3 Å². The molecule has 0 saturated heterocycles. The van der Waals surface area contributed by atoms with Gasteiger partial charge in [-0.1, -0.05) is 18.2 Å². The van der Waals surface area contributed by atoms with Crippen molar-refractivity contribution in [3.63, 3.8) is 0 Å². The molecule has 136 valence electrons. The number of hydrogen-bond donors (Lipinski definition) is 3. The van der Waals surface area contributed by atoms with Gasteiger partial charge in [0.2, 0.25) is 0 Å². The molecule has 0 unspecified atom stereocenters. The maximum atomic E-state index is 12.6. The van der Waals surface area contributed by atoms with E-state index in [1.165, 1.54) is 10.9 Å². The zero-order valence-electron chi connectivity index (χ0n) is 15.0. The molecule has 4 rings (SSSR count). The third-order valence-corrected chi connectivity index (χ3v) is 4.62. The number of amides is 1. The number of methoxy groups -OCH3 is 1. The van der Waals surface area contributed by atoms with Gasteiger partial charge in [0.25, 0.3) is 5.91 Å². The Bertz CT molecular complexity index is 1060. The Hall–Kier alpha value is -3.54. The van der Waals surface area contributed by atoms with Crippen molar-refractivity contribution in [1.82, 2.24) is 20.5 Å². The number of carbonyl (C=O) groups excluding carboxylic acids is 1. The number of H-pyrrole nitrogens is 2. The summed E-state index contributed by atoms with van der Waals surface area (Å²) in [5.74, 6) is 0.623. The number of ether oxygens (including phenoxy) is 1. The van der Waals surface area contributed by atoms with Gasteiger partial charge < -0.3 is 15.0 Å². The minimum absolute atomic E-state index is 0.144. The van der Waals surface area contributed by atoms with Gasteiger partial charge >= 0.3 is 0 Å².